The van der Waals surface area contributed by atoms with E-state index in [4.69, 9.17) is 9.47 Å². The molecule has 0 fully saturated rings. The third-order valence-electron chi connectivity index (χ3n) is 3.90. The number of carbonyl (C=O) groups is 1. The van der Waals surface area contributed by atoms with Crippen LogP contribution < -0.4 is 9.47 Å². The molecule has 0 saturated heterocycles. The lowest BCUT2D eigenvalue weighted by atomic mass is 10.00. The number of hydrogen-bond donors (Lipinski definition) is 1. The summed E-state index contributed by atoms with van der Waals surface area (Å²) in [6, 6.07) is 9.12. The van der Waals surface area contributed by atoms with Crippen molar-refractivity contribution in [1.29, 1.82) is 0 Å². The number of aromatic nitrogens is 1. The first-order valence-corrected chi connectivity index (χ1v) is 7.12. The van der Waals surface area contributed by atoms with E-state index in [9.17, 15) is 9.90 Å². The molecule has 0 amide bonds. The number of hydrogen-bond acceptors (Lipinski definition) is 3. The summed E-state index contributed by atoms with van der Waals surface area (Å²) < 4.78 is 12.6. The first-order valence-electron chi connectivity index (χ1n) is 7.12. The molecule has 5 heteroatoms. The van der Waals surface area contributed by atoms with E-state index in [1.807, 2.05) is 37.4 Å². The fourth-order valence-electron chi connectivity index (χ4n) is 2.81. The maximum atomic E-state index is 11.8. The fraction of sp³-hybridized carbons (Fsp3) is 0.167. The highest BCUT2D eigenvalue weighted by Crippen LogP contribution is 2.39. The molecule has 0 radical (unpaired) electrons. The molecule has 0 saturated carbocycles. The van der Waals surface area contributed by atoms with Crippen molar-refractivity contribution in [2.24, 2.45) is 0 Å². The second-order valence-electron chi connectivity index (χ2n) is 5.24. The Hall–Kier alpha value is -2.95. The van der Waals surface area contributed by atoms with Crippen molar-refractivity contribution in [2.45, 2.75) is 6.92 Å². The number of benzene rings is 1. The predicted octanol–water partition coefficient (Wildman–Crippen LogP) is 3.63. The number of rotatable bonds is 4. The Bertz CT molecular complexity index is 895. The molecule has 1 N–H and O–H groups in total. The molecule has 2 heterocycles. The van der Waals surface area contributed by atoms with Crippen LogP contribution >= 0.6 is 0 Å². The van der Waals surface area contributed by atoms with Gasteiger partial charge in [-0.05, 0) is 36.8 Å². The first kappa shape index (κ1) is 15.0. The molecular weight excluding hydrogens is 294 g/mol. The van der Waals surface area contributed by atoms with Crippen molar-refractivity contribution in [3.05, 3.63) is 53.9 Å². The molecule has 5 nitrogen and oxygen atoms in total. The van der Waals surface area contributed by atoms with E-state index in [-0.39, 0.29) is 5.56 Å². The lowest BCUT2D eigenvalue weighted by molar-refractivity contribution is 0.0700. The summed E-state index contributed by atoms with van der Waals surface area (Å²) in [5.41, 5.74) is 3.09. The van der Waals surface area contributed by atoms with E-state index >= 15 is 0 Å². The summed E-state index contributed by atoms with van der Waals surface area (Å²) in [5.74, 6) is 0.324. The molecule has 1 aromatic carbocycles. The summed E-state index contributed by atoms with van der Waals surface area (Å²) in [6.45, 7) is 1.92. The topological polar surface area (TPSA) is 60.2 Å². The third-order valence-corrected chi connectivity index (χ3v) is 3.90. The van der Waals surface area contributed by atoms with Crippen LogP contribution in [0.5, 0.6) is 11.5 Å². The molecule has 0 aliphatic rings. The number of ether oxygens (including phenoxy) is 2. The van der Waals surface area contributed by atoms with Gasteiger partial charge in [0.05, 0.1) is 25.3 Å². The van der Waals surface area contributed by atoms with E-state index < -0.39 is 5.97 Å². The summed E-state index contributed by atoms with van der Waals surface area (Å²) in [4.78, 5) is 11.8. The summed E-state index contributed by atoms with van der Waals surface area (Å²) in [7, 11) is 3.16. The second kappa shape index (κ2) is 5.68. The van der Waals surface area contributed by atoms with Crippen molar-refractivity contribution in [2.75, 3.05) is 14.2 Å². The number of aromatic carboxylic acids is 1. The van der Waals surface area contributed by atoms with Gasteiger partial charge >= 0.3 is 5.97 Å². The molecule has 0 aliphatic carbocycles. The molecule has 118 valence electrons. The Morgan fingerprint density at radius 1 is 1.09 bits per heavy atom. The van der Waals surface area contributed by atoms with Crippen LogP contribution in [0.3, 0.4) is 0 Å². The van der Waals surface area contributed by atoms with Crippen molar-refractivity contribution >= 4 is 11.5 Å². The van der Waals surface area contributed by atoms with Gasteiger partial charge in [0.2, 0.25) is 0 Å². The van der Waals surface area contributed by atoms with E-state index in [0.29, 0.717) is 28.1 Å². The van der Waals surface area contributed by atoms with Gasteiger partial charge in [-0.2, -0.15) is 0 Å². The minimum atomic E-state index is -0.977. The monoisotopic (exact) mass is 311 g/mol. The Morgan fingerprint density at radius 2 is 1.83 bits per heavy atom. The number of fused-ring (bicyclic) bond motifs is 1. The molecule has 0 bridgehead atoms. The number of pyridine rings is 1. The maximum absolute atomic E-state index is 11.8. The number of carboxylic acids is 1. The number of carboxylic acid groups (broad SMARTS) is 1. The minimum absolute atomic E-state index is 0.245. The first-order chi connectivity index (χ1) is 11.1. The van der Waals surface area contributed by atoms with Crippen LogP contribution in [0.25, 0.3) is 16.6 Å². The summed E-state index contributed by atoms with van der Waals surface area (Å²) in [5, 5.41) is 9.67. The molecule has 0 aliphatic heterocycles. The van der Waals surface area contributed by atoms with Gasteiger partial charge in [-0.1, -0.05) is 6.07 Å². The molecule has 3 rings (SSSR count). The van der Waals surface area contributed by atoms with E-state index in [0.717, 1.165) is 5.56 Å². The Balaban J connectivity index is 2.36. The van der Waals surface area contributed by atoms with Gasteiger partial charge < -0.3 is 19.0 Å². The Morgan fingerprint density at radius 3 is 2.48 bits per heavy atom. The summed E-state index contributed by atoms with van der Waals surface area (Å²) in [6.07, 6.45) is 3.62. The minimum Gasteiger partial charge on any atom is -0.496 e. The molecule has 3 aromatic rings. The highest BCUT2D eigenvalue weighted by atomic mass is 16.5. The van der Waals surface area contributed by atoms with Crippen molar-refractivity contribution in [3.8, 4) is 22.6 Å². The van der Waals surface area contributed by atoms with Crippen molar-refractivity contribution in [3.63, 3.8) is 0 Å². The molecule has 0 unspecified atom stereocenters. The van der Waals surface area contributed by atoms with Crippen LogP contribution in [0.2, 0.25) is 0 Å². The van der Waals surface area contributed by atoms with Gasteiger partial charge in [-0.25, -0.2) is 4.79 Å². The predicted molar refractivity (Wildman–Crippen MR) is 87.6 cm³/mol. The van der Waals surface area contributed by atoms with Gasteiger partial charge in [-0.15, -0.1) is 0 Å². The van der Waals surface area contributed by atoms with Gasteiger partial charge in [0.1, 0.15) is 11.5 Å². The molecule has 0 atom stereocenters. The molecule has 0 spiro atoms. The normalized spacial score (nSPS) is 10.7. The van der Waals surface area contributed by atoms with E-state index in [1.54, 1.807) is 30.9 Å². The Kier molecular flexibility index (Phi) is 3.70. The highest BCUT2D eigenvalue weighted by molar-refractivity contribution is 6.04. The largest absolute Gasteiger partial charge is 0.496 e. The van der Waals surface area contributed by atoms with Crippen LogP contribution in [0.4, 0.5) is 0 Å². The summed E-state index contributed by atoms with van der Waals surface area (Å²) >= 11 is 0. The number of nitrogens with zero attached hydrogens (tertiary/aromatic N) is 1. The standard InChI is InChI=1S/C18H17NO4/c1-11-8-16(23-3)12(9-15(11)22-2)13-10-19-7-5-4-6-14(19)17(13)18(20)21/h4-10H,1-3H3,(H,20,21). The van der Waals surface area contributed by atoms with Crippen LogP contribution in [0.1, 0.15) is 15.9 Å². The maximum Gasteiger partial charge on any atom is 0.338 e. The second-order valence-corrected chi connectivity index (χ2v) is 5.24. The zero-order valence-corrected chi connectivity index (χ0v) is 13.2. The molecule has 23 heavy (non-hydrogen) atoms. The lowest BCUT2D eigenvalue weighted by Crippen LogP contribution is -1.99. The van der Waals surface area contributed by atoms with Crippen LogP contribution in [-0.4, -0.2) is 29.7 Å². The van der Waals surface area contributed by atoms with Crippen LogP contribution in [-0.2, 0) is 0 Å². The van der Waals surface area contributed by atoms with Crippen molar-refractivity contribution < 1.29 is 19.4 Å². The zero-order chi connectivity index (χ0) is 16.6. The van der Waals surface area contributed by atoms with Crippen LogP contribution in [0, 0.1) is 6.92 Å². The third kappa shape index (κ3) is 2.40. The quantitative estimate of drug-likeness (QED) is 0.799. The van der Waals surface area contributed by atoms with Crippen LogP contribution in [0.15, 0.2) is 42.7 Å². The lowest BCUT2D eigenvalue weighted by Gasteiger charge is -2.13. The number of aryl methyl sites for hydroxylation is 1. The van der Waals surface area contributed by atoms with Gasteiger partial charge in [0, 0.05) is 23.5 Å². The Labute approximate surface area is 133 Å². The van der Waals surface area contributed by atoms with E-state index in [1.165, 1.54) is 0 Å². The molecule has 2 aromatic heterocycles. The average Bonchev–Trinajstić information content (AvgIpc) is 2.93. The van der Waals surface area contributed by atoms with Crippen molar-refractivity contribution in [1.82, 2.24) is 4.40 Å². The fourth-order valence-corrected chi connectivity index (χ4v) is 2.81. The number of methoxy groups -OCH3 is 2. The SMILES string of the molecule is COc1cc(-c2cn3ccccc3c2C(=O)O)c(OC)cc1C. The van der Waals surface area contributed by atoms with E-state index in [2.05, 4.69) is 0 Å². The van der Waals surface area contributed by atoms with Gasteiger partial charge in [-0.3, -0.25) is 0 Å². The van der Waals surface area contributed by atoms with Gasteiger partial charge in [0.15, 0.2) is 0 Å². The van der Waals surface area contributed by atoms with Gasteiger partial charge in [0.25, 0.3) is 0 Å². The highest BCUT2D eigenvalue weighted by Gasteiger charge is 2.21. The zero-order valence-electron chi connectivity index (χ0n) is 13.2. The average molecular weight is 311 g/mol. The molecular formula is C18H17NO4. The smallest absolute Gasteiger partial charge is 0.338 e.